The quantitative estimate of drug-likeness (QED) is 0.423. The number of ether oxygens (including phenoxy) is 4. The van der Waals surface area contributed by atoms with Crippen molar-refractivity contribution in [2.75, 3.05) is 34.0 Å². The summed E-state index contributed by atoms with van der Waals surface area (Å²) in [6, 6.07) is 11.9. The first-order valence-electron chi connectivity index (χ1n) is 11.1. The Balaban J connectivity index is 1.74. The highest BCUT2D eigenvalue weighted by molar-refractivity contribution is 5.98. The molecule has 2 aromatic rings. The summed E-state index contributed by atoms with van der Waals surface area (Å²) in [7, 11) is 2.96. The first-order chi connectivity index (χ1) is 17.4. The van der Waals surface area contributed by atoms with E-state index in [9.17, 15) is 19.2 Å². The van der Waals surface area contributed by atoms with Gasteiger partial charge in [0.15, 0.2) is 0 Å². The Bertz CT molecular complexity index is 1160. The molecule has 11 heteroatoms. The number of methoxy groups -OCH3 is 2. The highest BCUT2D eigenvalue weighted by atomic mass is 16.5. The zero-order valence-electron chi connectivity index (χ0n) is 20.1. The van der Waals surface area contributed by atoms with Gasteiger partial charge in [-0.05, 0) is 36.8 Å². The predicted octanol–water partition coefficient (Wildman–Crippen LogP) is 1.85. The second-order valence-electron chi connectivity index (χ2n) is 7.46. The molecule has 36 heavy (non-hydrogen) atoms. The second-order valence-corrected chi connectivity index (χ2v) is 7.46. The number of esters is 2. The third-order valence-corrected chi connectivity index (χ3v) is 5.22. The SMILES string of the molecule is CCOC(=O)C1=C(COC(=O)CNC(=O)c2ccccc2OC)NC(=O)NC1c1ccc(OC)cc1. The van der Waals surface area contributed by atoms with Crippen LogP contribution in [0.2, 0.25) is 0 Å². The Kier molecular flexibility index (Phi) is 8.87. The topological polar surface area (TPSA) is 141 Å². The minimum atomic E-state index is -0.845. The van der Waals surface area contributed by atoms with Crippen molar-refractivity contribution < 1.29 is 38.1 Å². The van der Waals surface area contributed by atoms with Crippen LogP contribution in [0.25, 0.3) is 0 Å². The zero-order chi connectivity index (χ0) is 26.1. The van der Waals surface area contributed by atoms with Gasteiger partial charge in [-0.2, -0.15) is 0 Å². The van der Waals surface area contributed by atoms with Crippen LogP contribution in [0, 0.1) is 0 Å². The molecule has 1 aliphatic heterocycles. The summed E-state index contributed by atoms with van der Waals surface area (Å²) >= 11 is 0. The number of carbonyl (C=O) groups is 4. The monoisotopic (exact) mass is 497 g/mol. The van der Waals surface area contributed by atoms with Crippen LogP contribution in [0.3, 0.4) is 0 Å². The van der Waals surface area contributed by atoms with Crippen molar-refractivity contribution in [3.8, 4) is 11.5 Å². The van der Waals surface area contributed by atoms with E-state index in [1.165, 1.54) is 14.2 Å². The molecule has 190 valence electrons. The van der Waals surface area contributed by atoms with E-state index in [1.54, 1.807) is 55.5 Å². The summed E-state index contributed by atoms with van der Waals surface area (Å²) in [4.78, 5) is 49.9. The van der Waals surface area contributed by atoms with Gasteiger partial charge >= 0.3 is 18.0 Å². The van der Waals surface area contributed by atoms with Crippen LogP contribution in [-0.2, 0) is 19.1 Å². The first-order valence-corrected chi connectivity index (χ1v) is 11.1. The Morgan fingerprint density at radius 1 is 0.972 bits per heavy atom. The van der Waals surface area contributed by atoms with E-state index in [-0.39, 0.29) is 23.4 Å². The first kappa shape index (κ1) is 26.1. The summed E-state index contributed by atoms with van der Waals surface area (Å²) in [5.41, 5.74) is 1.02. The van der Waals surface area contributed by atoms with Crippen LogP contribution in [0.4, 0.5) is 4.79 Å². The average Bonchev–Trinajstić information content (AvgIpc) is 2.90. The number of hydrogen-bond acceptors (Lipinski definition) is 8. The van der Waals surface area contributed by atoms with Gasteiger partial charge in [-0.25, -0.2) is 9.59 Å². The van der Waals surface area contributed by atoms with Crippen molar-refractivity contribution in [3.05, 3.63) is 70.9 Å². The lowest BCUT2D eigenvalue weighted by molar-refractivity contribution is -0.142. The minimum Gasteiger partial charge on any atom is -0.497 e. The Morgan fingerprint density at radius 2 is 1.69 bits per heavy atom. The molecular weight excluding hydrogens is 470 g/mol. The van der Waals surface area contributed by atoms with E-state index >= 15 is 0 Å². The molecule has 11 nitrogen and oxygen atoms in total. The predicted molar refractivity (Wildman–Crippen MR) is 127 cm³/mol. The van der Waals surface area contributed by atoms with Gasteiger partial charge in [0, 0.05) is 0 Å². The van der Waals surface area contributed by atoms with E-state index in [1.807, 2.05) is 0 Å². The fraction of sp³-hybridized carbons (Fsp3) is 0.280. The summed E-state index contributed by atoms with van der Waals surface area (Å²) in [6.45, 7) is 0.901. The fourth-order valence-electron chi connectivity index (χ4n) is 3.51. The number of rotatable bonds is 10. The Morgan fingerprint density at radius 3 is 2.36 bits per heavy atom. The number of nitrogens with one attached hydrogen (secondary N) is 3. The molecule has 0 fully saturated rings. The average molecular weight is 498 g/mol. The van der Waals surface area contributed by atoms with Gasteiger partial charge in [0.25, 0.3) is 5.91 Å². The van der Waals surface area contributed by atoms with Crippen LogP contribution in [0.15, 0.2) is 59.8 Å². The standard InChI is InChI=1S/C25H27N3O8/c1-4-35-24(31)21-18(27-25(32)28-22(21)15-9-11-16(33-2)12-10-15)14-36-20(29)13-26-23(30)17-7-5-6-8-19(17)34-3/h5-12,22H,4,13-14H2,1-3H3,(H,26,30)(H2,27,28,32). The molecule has 0 bridgehead atoms. The number of urea groups is 1. The summed E-state index contributed by atoms with van der Waals surface area (Å²) in [6.07, 6.45) is 0. The number of benzene rings is 2. The van der Waals surface area contributed by atoms with Crippen molar-refractivity contribution in [2.24, 2.45) is 0 Å². The molecule has 1 aliphatic rings. The largest absolute Gasteiger partial charge is 0.497 e. The van der Waals surface area contributed by atoms with Crippen LogP contribution >= 0.6 is 0 Å². The molecular formula is C25H27N3O8. The van der Waals surface area contributed by atoms with Gasteiger partial charge in [0.1, 0.15) is 24.7 Å². The maximum Gasteiger partial charge on any atom is 0.338 e. The highest BCUT2D eigenvalue weighted by Gasteiger charge is 2.34. The smallest absolute Gasteiger partial charge is 0.338 e. The molecule has 0 spiro atoms. The number of hydrogen-bond donors (Lipinski definition) is 3. The van der Waals surface area contributed by atoms with E-state index in [2.05, 4.69) is 16.0 Å². The molecule has 0 aliphatic carbocycles. The lowest BCUT2D eigenvalue weighted by Gasteiger charge is -2.29. The molecule has 1 heterocycles. The molecule has 3 N–H and O–H groups in total. The molecule has 1 atom stereocenters. The van der Waals surface area contributed by atoms with E-state index < -0.39 is 43.1 Å². The van der Waals surface area contributed by atoms with Gasteiger partial charge in [-0.3, -0.25) is 9.59 Å². The fourth-order valence-corrected chi connectivity index (χ4v) is 3.51. The molecule has 3 amide bonds. The third-order valence-electron chi connectivity index (χ3n) is 5.22. The Labute approximate surface area is 207 Å². The van der Waals surface area contributed by atoms with Crippen LogP contribution in [-0.4, -0.2) is 57.9 Å². The number of carbonyl (C=O) groups excluding carboxylic acids is 4. The molecule has 0 saturated carbocycles. The van der Waals surface area contributed by atoms with Crippen molar-refractivity contribution in [2.45, 2.75) is 13.0 Å². The summed E-state index contributed by atoms with van der Waals surface area (Å²) in [5.74, 6) is -1.02. The summed E-state index contributed by atoms with van der Waals surface area (Å²) in [5, 5.41) is 7.66. The maximum absolute atomic E-state index is 12.8. The second kappa shape index (κ2) is 12.2. The van der Waals surface area contributed by atoms with E-state index in [4.69, 9.17) is 18.9 Å². The number of amides is 3. The normalized spacial score (nSPS) is 14.8. The molecule has 2 aromatic carbocycles. The lowest BCUT2D eigenvalue weighted by Crippen LogP contribution is -2.47. The lowest BCUT2D eigenvalue weighted by atomic mass is 9.95. The van der Waals surface area contributed by atoms with Gasteiger partial charge in [0.2, 0.25) is 0 Å². The van der Waals surface area contributed by atoms with Crippen LogP contribution in [0.5, 0.6) is 11.5 Å². The molecule has 0 aromatic heterocycles. The summed E-state index contributed by atoms with van der Waals surface area (Å²) < 4.78 is 20.7. The van der Waals surface area contributed by atoms with Gasteiger partial charge in [-0.15, -0.1) is 0 Å². The molecule has 3 rings (SSSR count). The van der Waals surface area contributed by atoms with Gasteiger partial charge < -0.3 is 34.9 Å². The van der Waals surface area contributed by atoms with Gasteiger partial charge in [0.05, 0.1) is 43.7 Å². The Hall–Kier alpha value is -4.54. The van der Waals surface area contributed by atoms with Gasteiger partial charge in [-0.1, -0.05) is 24.3 Å². The minimum absolute atomic E-state index is 0.0717. The molecule has 1 unspecified atom stereocenters. The van der Waals surface area contributed by atoms with Crippen molar-refractivity contribution in [1.29, 1.82) is 0 Å². The molecule has 0 radical (unpaired) electrons. The van der Waals surface area contributed by atoms with Crippen LogP contribution < -0.4 is 25.4 Å². The van der Waals surface area contributed by atoms with Crippen molar-refractivity contribution in [1.82, 2.24) is 16.0 Å². The third kappa shape index (κ3) is 6.32. The van der Waals surface area contributed by atoms with Crippen LogP contribution in [0.1, 0.15) is 28.9 Å². The highest BCUT2D eigenvalue weighted by Crippen LogP contribution is 2.29. The molecule has 0 saturated heterocycles. The maximum atomic E-state index is 12.8. The van der Waals surface area contributed by atoms with E-state index in [0.29, 0.717) is 17.1 Å². The number of para-hydroxylation sites is 1. The van der Waals surface area contributed by atoms with Crippen molar-refractivity contribution >= 4 is 23.9 Å². The zero-order valence-corrected chi connectivity index (χ0v) is 20.1. The van der Waals surface area contributed by atoms with Crippen molar-refractivity contribution in [3.63, 3.8) is 0 Å². The van der Waals surface area contributed by atoms with E-state index in [0.717, 1.165) is 0 Å².